The van der Waals surface area contributed by atoms with Crippen LogP contribution in [-0.4, -0.2) is 82.2 Å². The van der Waals surface area contributed by atoms with Crippen LogP contribution in [0.5, 0.6) is 0 Å². The molecule has 184 valence electrons. The van der Waals surface area contributed by atoms with Gasteiger partial charge in [-0.05, 0) is 12.1 Å². The van der Waals surface area contributed by atoms with E-state index in [-0.39, 0.29) is 24.4 Å². The zero-order valence-corrected chi connectivity index (χ0v) is 19.3. The summed E-state index contributed by atoms with van der Waals surface area (Å²) in [7, 11) is 3.37. The first-order chi connectivity index (χ1) is 16.2. The summed E-state index contributed by atoms with van der Waals surface area (Å²) >= 11 is 0. The van der Waals surface area contributed by atoms with Gasteiger partial charge < -0.3 is 34.9 Å². The molecule has 0 unspecified atom stereocenters. The topological polar surface area (TPSA) is 147 Å². The Morgan fingerprint density at radius 2 is 1.50 bits per heavy atom. The van der Waals surface area contributed by atoms with Crippen LogP contribution in [0.4, 0.5) is 11.4 Å². The number of aliphatic carboxylic acids is 1. The molecule has 2 aromatic rings. The molecule has 0 saturated carbocycles. The van der Waals surface area contributed by atoms with Crippen LogP contribution in [0.1, 0.15) is 33.8 Å². The quantitative estimate of drug-likeness (QED) is 0.392. The van der Waals surface area contributed by atoms with Gasteiger partial charge in [0.2, 0.25) is 5.91 Å². The third-order valence-electron chi connectivity index (χ3n) is 5.40. The van der Waals surface area contributed by atoms with Crippen molar-refractivity contribution < 1.29 is 29.0 Å². The standard InChI is InChI=1S/C22H30N6O6/c1-26-14-16(12-17(26)21(32)23-5-6-28-7-9-34-10-8-28)25-22(33)18-11-15(13-27(18)2)24-19(29)3-4-20(30)31/h11-14H,3-10H2,1-2H3,(H,23,32)(H,24,29)(H,25,33)(H,30,31). The first-order valence-corrected chi connectivity index (χ1v) is 11.0. The van der Waals surface area contributed by atoms with Gasteiger partial charge in [-0.15, -0.1) is 0 Å². The molecule has 1 aliphatic rings. The van der Waals surface area contributed by atoms with Crippen LogP contribution in [-0.2, 0) is 28.4 Å². The molecular weight excluding hydrogens is 444 g/mol. The fraction of sp³-hybridized carbons (Fsp3) is 0.455. The van der Waals surface area contributed by atoms with E-state index in [0.717, 1.165) is 19.6 Å². The molecule has 4 N–H and O–H groups in total. The van der Waals surface area contributed by atoms with Crippen molar-refractivity contribution in [2.75, 3.05) is 50.0 Å². The van der Waals surface area contributed by atoms with Crippen LogP contribution < -0.4 is 16.0 Å². The molecule has 2 aromatic heterocycles. The number of aryl methyl sites for hydroxylation is 2. The second-order valence-electron chi connectivity index (χ2n) is 8.06. The molecule has 3 heterocycles. The molecular formula is C22H30N6O6. The average Bonchev–Trinajstić information content (AvgIpc) is 3.34. The lowest BCUT2D eigenvalue weighted by atomic mass is 10.3. The SMILES string of the molecule is Cn1cc(NC(=O)c2cc(NC(=O)CCC(=O)O)cn2C)cc1C(=O)NCCN1CCOCC1. The van der Waals surface area contributed by atoms with Crippen molar-refractivity contribution in [1.82, 2.24) is 19.4 Å². The highest BCUT2D eigenvalue weighted by molar-refractivity contribution is 6.05. The van der Waals surface area contributed by atoms with Gasteiger partial charge in [0.25, 0.3) is 11.8 Å². The Labute approximate surface area is 196 Å². The predicted octanol–water partition coefficient (Wildman–Crippen LogP) is 0.481. The number of nitrogens with zero attached hydrogens (tertiary/aromatic N) is 3. The van der Waals surface area contributed by atoms with Crippen molar-refractivity contribution >= 4 is 35.1 Å². The highest BCUT2D eigenvalue weighted by Gasteiger charge is 2.17. The summed E-state index contributed by atoms with van der Waals surface area (Å²) in [4.78, 5) is 50.0. The van der Waals surface area contributed by atoms with E-state index >= 15 is 0 Å². The number of rotatable bonds is 10. The Kier molecular flexibility index (Phi) is 8.44. The number of hydrogen-bond donors (Lipinski definition) is 4. The fourth-order valence-electron chi connectivity index (χ4n) is 3.60. The molecule has 0 aliphatic carbocycles. The van der Waals surface area contributed by atoms with Crippen molar-refractivity contribution in [2.24, 2.45) is 14.1 Å². The van der Waals surface area contributed by atoms with Gasteiger partial charge in [-0.3, -0.25) is 24.1 Å². The number of morpholine rings is 1. The van der Waals surface area contributed by atoms with Gasteiger partial charge in [0.1, 0.15) is 11.4 Å². The number of nitrogens with one attached hydrogen (secondary N) is 3. The molecule has 3 amide bonds. The van der Waals surface area contributed by atoms with E-state index in [2.05, 4.69) is 20.9 Å². The summed E-state index contributed by atoms with van der Waals surface area (Å²) in [5.41, 5.74) is 1.54. The van der Waals surface area contributed by atoms with Gasteiger partial charge in [0.05, 0.1) is 31.0 Å². The molecule has 1 saturated heterocycles. The second-order valence-corrected chi connectivity index (χ2v) is 8.06. The zero-order chi connectivity index (χ0) is 24.7. The lowest BCUT2D eigenvalue weighted by molar-refractivity contribution is -0.138. The largest absolute Gasteiger partial charge is 0.481 e. The molecule has 0 aromatic carbocycles. The number of carboxylic acid groups (broad SMARTS) is 1. The van der Waals surface area contributed by atoms with E-state index in [0.29, 0.717) is 36.8 Å². The molecule has 0 atom stereocenters. The number of hydrogen-bond acceptors (Lipinski definition) is 6. The maximum Gasteiger partial charge on any atom is 0.303 e. The van der Waals surface area contributed by atoms with Gasteiger partial charge >= 0.3 is 5.97 Å². The van der Waals surface area contributed by atoms with Crippen LogP contribution >= 0.6 is 0 Å². The lowest BCUT2D eigenvalue weighted by Crippen LogP contribution is -2.41. The summed E-state index contributed by atoms with van der Waals surface area (Å²) in [6.45, 7) is 4.36. The van der Waals surface area contributed by atoms with Crippen molar-refractivity contribution in [1.29, 1.82) is 0 Å². The van der Waals surface area contributed by atoms with E-state index in [1.165, 1.54) is 6.07 Å². The number of amides is 3. The van der Waals surface area contributed by atoms with E-state index in [1.54, 1.807) is 41.7 Å². The lowest BCUT2D eigenvalue weighted by Gasteiger charge is -2.26. The minimum Gasteiger partial charge on any atom is -0.481 e. The molecule has 1 fully saturated rings. The molecule has 1 aliphatic heterocycles. The van der Waals surface area contributed by atoms with Gasteiger partial charge in [-0.1, -0.05) is 0 Å². The van der Waals surface area contributed by atoms with Crippen LogP contribution in [0.15, 0.2) is 24.5 Å². The molecule has 12 nitrogen and oxygen atoms in total. The Morgan fingerprint density at radius 1 is 0.912 bits per heavy atom. The first kappa shape index (κ1) is 25.0. The van der Waals surface area contributed by atoms with Crippen molar-refractivity contribution in [2.45, 2.75) is 12.8 Å². The van der Waals surface area contributed by atoms with Crippen LogP contribution in [0.25, 0.3) is 0 Å². The Morgan fingerprint density at radius 3 is 2.12 bits per heavy atom. The minimum atomic E-state index is -1.06. The number of carboxylic acids is 1. The fourth-order valence-corrected chi connectivity index (χ4v) is 3.60. The van der Waals surface area contributed by atoms with Gasteiger partial charge in [-0.2, -0.15) is 0 Å². The number of anilines is 2. The van der Waals surface area contributed by atoms with E-state index in [4.69, 9.17) is 9.84 Å². The summed E-state index contributed by atoms with van der Waals surface area (Å²) in [5.74, 6) is -2.16. The third kappa shape index (κ3) is 6.93. The van der Waals surface area contributed by atoms with E-state index in [9.17, 15) is 19.2 Å². The molecule has 34 heavy (non-hydrogen) atoms. The van der Waals surface area contributed by atoms with Crippen molar-refractivity contribution in [3.05, 3.63) is 35.9 Å². The van der Waals surface area contributed by atoms with E-state index < -0.39 is 17.8 Å². The zero-order valence-electron chi connectivity index (χ0n) is 19.3. The Hall–Kier alpha value is -3.64. The number of ether oxygens (including phenoxy) is 1. The minimum absolute atomic E-state index is 0.160. The summed E-state index contributed by atoms with van der Waals surface area (Å²) in [6, 6.07) is 3.09. The normalized spacial score (nSPS) is 13.9. The van der Waals surface area contributed by atoms with Crippen LogP contribution in [0, 0.1) is 0 Å². The predicted molar refractivity (Wildman–Crippen MR) is 124 cm³/mol. The molecule has 0 spiro atoms. The molecule has 0 radical (unpaired) electrons. The van der Waals surface area contributed by atoms with Crippen molar-refractivity contribution in [3.8, 4) is 0 Å². The van der Waals surface area contributed by atoms with Gasteiger partial charge in [0, 0.05) is 59.1 Å². The Balaban J connectivity index is 1.54. The maximum absolute atomic E-state index is 12.7. The summed E-state index contributed by atoms with van der Waals surface area (Å²) < 4.78 is 8.50. The van der Waals surface area contributed by atoms with Crippen LogP contribution in [0.3, 0.4) is 0 Å². The van der Waals surface area contributed by atoms with Gasteiger partial charge in [-0.25, -0.2) is 0 Å². The summed E-state index contributed by atoms with van der Waals surface area (Å²) in [5, 5.41) is 16.9. The first-order valence-electron chi connectivity index (χ1n) is 11.0. The second kappa shape index (κ2) is 11.5. The monoisotopic (exact) mass is 474 g/mol. The molecule has 3 rings (SSSR count). The van der Waals surface area contributed by atoms with Gasteiger partial charge in [0.15, 0.2) is 0 Å². The smallest absolute Gasteiger partial charge is 0.303 e. The number of carbonyl (C=O) groups excluding carboxylic acids is 3. The molecule has 12 heteroatoms. The highest BCUT2D eigenvalue weighted by Crippen LogP contribution is 2.18. The summed E-state index contributed by atoms with van der Waals surface area (Å²) in [6.07, 6.45) is 2.77. The van der Waals surface area contributed by atoms with E-state index in [1.807, 2.05) is 0 Å². The third-order valence-corrected chi connectivity index (χ3v) is 5.40. The van der Waals surface area contributed by atoms with Crippen LogP contribution in [0.2, 0.25) is 0 Å². The molecule has 0 bridgehead atoms. The Bertz CT molecular complexity index is 1050. The maximum atomic E-state index is 12.7. The average molecular weight is 475 g/mol. The highest BCUT2D eigenvalue weighted by atomic mass is 16.5. The number of carbonyl (C=O) groups is 4. The number of aromatic nitrogens is 2. The van der Waals surface area contributed by atoms with Crippen molar-refractivity contribution in [3.63, 3.8) is 0 Å².